The van der Waals surface area contributed by atoms with E-state index in [1.807, 2.05) is 88.5 Å². The van der Waals surface area contributed by atoms with Gasteiger partial charge in [0, 0.05) is 27.9 Å². The van der Waals surface area contributed by atoms with Crippen molar-refractivity contribution in [1.82, 2.24) is 10.2 Å². The summed E-state index contributed by atoms with van der Waals surface area (Å²) in [6.45, 7) is 7.25. The molecule has 0 aliphatic rings. The Morgan fingerprint density at radius 1 is 0.875 bits per heavy atom. The molecular formula is C37H42BrN3O5S2. The van der Waals surface area contributed by atoms with Crippen LogP contribution in [0.5, 0.6) is 5.75 Å². The molecule has 1 N–H and O–H groups in total. The van der Waals surface area contributed by atoms with E-state index in [1.165, 1.54) is 28.8 Å². The topological polar surface area (TPSA) is 96.0 Å². The monoisotopic (exact) mass is 751 g/mol. The molecule has 11 heteroatoms. The number of carbonyl (C=O) groups is 2. The van der Waals surface area contributed by atoms with E-state index < -0.39 is 34.1 Å². The largest absolute Gasteiger partial charge is 0.492 e. The molecule has 0 radical (unpaired) electrons. The number of benzene rings is 4. The van der Waals surface area contributed by atoms with Gasteiger partial charge in [0.05, 0.1) is 17.2 Å². The quantitative estimate of drug-likeness (QED) is 0.136. The Bertz CT molecular complexity index is 1780. The Morgan fingerprint density at radius 3 is 2.10 bits per heavy atom. The molecule has 0 spiro atoms. The maximum absolute atomic E-state index is 14.7. The summed E-state index contributed by atoms with van der Waals surface area (Å²) in [5, 5.41) is 3.05. The molecule has 1 atom stereocenters. The van der Waals surface area contributed by atoms with E-state index in [-0.39, 0.29) is 29.5 Å². The second-order valence-corrected chi connectivity index (χ2v) is 15.8. The number of nitrogens with zero attached hydrogens (tertiary/aromatic N) is 2. The number of nitrogens with one attached hydrogen (secondary N) is 1. The molecule has 4 rings (SSSR count). The van der Waals surface area contributed by atoms with Crippen molar-refractivity contribution in [2.75, 3.05) is 23.7 Å². The number of halogens is 1. The lowest BCUT2D eigenvalue weighted by Crippen LogP contribution is -2.56. The fourth-order valence-corrected chi connectivity index (χ4v) is 7.22. The molecule has 0 saturated heterocycles. The number of sulfonamides is 1. The van der Waals surface area contributed by atoms with Gasteiger partial charge in [0.25, 0.3) is 10.0 Å². The van der Waals surface area contributed by atoms with Gasteiger partial charge in [-0.15, -0.1) is 11.8 Å². The van der Waals surface area contributed by atoms with Crippen LogP contribution in [0, 0.1) is 0 Å². The van der Waals surface area contributed by atoms with Gasteiger partial charge in [-0.25, -0.2) is 8.42 Å². The van der Waals surface area contributed by atoms with Crippen LogP contribution < -0.4 is 14.4 Å². The highest BCUT2D eigenvalue weighted by molar-refractivity contribution is 9.10. The van der Waals surface area contributed by atoms with Gasteiger partial charge in [-0.2, -0.15) is 0 Å². The Morgan fingerprint density at radius 2 is 1.50 bits per heavy atom. The summed E-state index contributed by atoms with van der Waals surface area (Å²) in [7, 11) is -4.27. The van der Waals surface area contributed by atoms with Gasteiger partial charge in [-0.1, -0.05) is 70.5 Å². The lowest BCUT2D eigenvalue weighted by Gasteiger charge is -2.35. The molecule has 0 bridgehead atoms. The number of rotatable bonds is 14. The third kappa shape index (κ3) is 9.87. The molecule has 0 heterocycles. The summed E-state index contributed by atoms with van der Waals surface area (Å²) in [5.41, 5.74) is 1.29. The molecule has 0 unspecified atom stereocenters. The molecule has 2 amide bonds. The van der Waals surface area contributed by atoms with Crippen LogP contribution in [-0.4, -0.2) is 56.1 Å². The second-order valence-electron chi connectivity index (χ2n) is 12.2. The number of para-hydroxylation sites is 2. The zero-order valence-electron chi connectivity index (χ0n) is 27.9. The highest BCUT2D eigenvalue weighted by atomic mass is 79.9. The van der Waals surface area contributed by atoms with Crippen LogP contribution in [0.3, 0.4) is 0 Å². The zero-order valence-corrected chi connectivity index (χ0v) is 31.1. The molecule has 254 valence electrons. The average Bonchev–Trinajstić information content (AvgIpc) is 3.06. The third-order valence-corrected chi connectivity index (χ3v) is 10.4. The van der Waals surface area contributed by atoms with Gasteiger partial charge in [-0.05, 0) is 93.6 Å². The van der Waals surface area contributed by atoms with E-state index in [0.717, 1.165) is 24.8 Å². The van der Waals surface area contributed by atoms with Crippen molar-refractivity contribution < 1.29 is 22.7 Å². The molecular weight excluding hydrogens is 710 g/mol. The summed E-state index contributed by atoms with van der Waals surface area (Å²) < 4.78 is 36.7. The minimum atomic E-state index is -4.27. The van der Waals surface area contributed by atoms with Crippen molar-refractivity contribution in [3.63, 3.8) is 0 Å². The van der Waals surface area contributed by atoms with Crippen LogP contribution >= 0.6 is 27.7 Å². The predicted octanol–water partition coefficient (Wildman–Crippen LogP) is 7.32. The Hall–Kier alpha value is -3.80. The minimum absolute atomic E-state index is 0.0326. The molecule has 0 aliphatic heterocycles. The highest BCUT2D eigenvalue weighted by Gasteiger charge is 2.36. The van der Waals surface area contributed by atoms with Crippen LogP contribution in [-0.2, 0) is 32.6 Å². The van der Waals surface area contributed by atoms with Gasteiger partial charge in [0.2, 0.25) is 11.8 Å². The van der Waals surface area contributed by atoms with Crippen LogP contribution in [0.1, 0.15) is 38.8 Å². The summed E-state index contributed by atoms with van der Waals surface area (Å²) in [6, 6.07) is 29.3. The molecule has 8 nitrogen and oxygen atoms in total. The predicted molar refractivity (Wildman–Crippen MR) is 197 cm³/mol. The smallest absolute Gasteiger partial charge is 0.264 e. The first kappa shape index (κ1) is 37.0. The first-order valence-electron chi connectivity index (χ1n) is 15.6. The molecule has 4 aromatic rings. The fraction of sp³-hybridized carbons (Fsp3) is 0.297. The van der Waals surface area contributed by atoms with Crippen molar-refractivity contribution in [1.29, 1.82) is 0 Å². The summed E-state index contributed by atoms with van der Waals surface area (Å²) in [6.07, 6.45) is 2.14. The summed E-state index contributed by atoms with van der Waals surface area (Å²) >= 11 is 4.97. The first-order chi connectivity index (χ1) is 22.8. The Kier molecular flexibility index (Phi) is 12.8. The van der Waals surface area contributed by atoms with Gasteiger partial charge in [0.1, 0.15) is 18.3 Å². The maximum atomic E-state index is 14.7. The van der Waals surface area contributed by atoms with Gasteiger partial charge >= 0.3 is 0 Å². The van der Waals surface area contributed by atoms with Crippen molar-refractivity contribution in [2.24, 2.45) is 0 Å². The molecule has 0 saturated carbocycles. The minimum Gasteiger partial charge on any atom is -0.492 e. The van der Waals surface area contributed by atoms with E-state index in [4.69, 9.17) is 4.74 Å². The van der Waals surface area contributed by atoms with Crippen LogP contribution in [0.2, 0.25) is 0 Å². The molecule has 0 aliphatic carbocycles. The standard InChI is InChI=1S/C37H42BrN3O5S2/c1-6-46-34-15-11-10-14-32(34)41(48(44,45)31-22-20-30(47-5)21-23-31)26-35(42)40(25-28-16-18-29(38)19-17-28)33(36(43)39-37(2,3)4)24-27-12-8-7-9-13-27/h7-23,33H,6,24-26H2,1-5H3,(H,39,43)/t33-/m1/s1. The number of hydrogen-bond acceptors (Lipinski definition) is 6. The van der Waals surface area contributed by atoms with Gasteiger partial charge in [-0.3, -0.25) is 13.9 Å². The third-order valence-electron chi connectivity index (χ3n) is 7.40. The fourth-order valence-electron chi connectivity index (χ4n) is 5.12. The Balaban J connectivity index is 1.85. The molecule has 48 heavy (non-hydrogen) atoms. The van der Waals surface area contributed by atoms with E-state index in [0.29, 0.717) is 12.4 Å². The van der Waals surface area contributed by atoms with E-state index in [9.17, 15) is 18.0 Å². The second kappa shape index (κ2) is 16.5. The normalized spacial score (nSPS) is 12.2. The molecule has 0 fully saturated rings. The number of hydrogen-bond donors (Lipinski definition) is 1. The van der Waals surface area contributed by atoms with Crippen LogP contribution in [0.25, 0.3) is 0 Å². The zero-order chi connectivity index (χ0) is 34.9. The van der Waals surface area contributed by atoms with E-state index in [1.54, 1.807) is 36.4 Å². The molecule has 0 aromatic heterocycles. The number of amides is 2. The van der Waals surface area contributed by atoms with Crippen molar-refractivity contribution in [3.8, 4) is 5.75 Å². The SMILES string of the molecule is CCOc1ccccc1N(CC(=O)N(Cc1ccc(Br)cc1)[C@H](Cc1ccccc1)C(=O)NC(C)(C)C)S(=O)(=O)c1ccc(SC)cc1. The first-order valence-corrected chi connectivity index (χ1v) is 19.1. The lowest BCUT2D eigenvalue weighted by molar-refractivity contribution is -0.140. The van der Waals surface area contributed by atoms with Gasteiger partial charge < -0.3 is 15.0 Å². The number of anilines is 1. The summed E-state index contributed by atoms with van der Waals surface area (Å²) in [4.78, 5) is 31.2. The highest BCUT2D eigenvalue weighted by Crippen LogP contribution is 2.33. The lowest BCUT2D eigenvalue weighted by atomic mass is 10.0. The Labute approximate surface area is 297 Å². The van der Waals surface area contributed by atoms with E-state index in [2.05, 4.69) is 21.2 Å². The van der Waals surface area contributed by atoms with Crippen molar-refractivity contribution in [3.05, 3.63) is 119 Å². The van der Waals surface area contributed by atoms with Gasteiger partial charge in [0.15, 0.2) is 0 Å². The summed E-state index contributed by atoms with van der Waals surface area (Å²) in [5.74, 6) is -0.560. The number of ether oxygens (including phenoxy) is 1. The number of thioether (sulfide) groups is 1. The average molecular weight is 753 g/mol. The van der Waals surface area contributed by atoms with Crippen molar-refractivity contribution >= 4 is 55.2 Å². The van der Waals surface area contributed by atoms with E-state index >= 15 is 0 Å². The molecule has 4 aromatic carbocycles. The van der Waals surface area contributed by atoms with Crippen LogP contribution in [0.4, 0.5) is 5.69 Å². The van der Waals surface area contributed by atoms with Crippen LogP contribution in [0.15, 0.2) is 117 Å². The van der Waals surface area contributed by atoms with Crippen molar-refractivity contribution in [2.45, 2.75) is 62.0 Å². The number of carbonyl (C=O) groups excluding carboxylic acids is 2. The maximum Gasteiger partial charge on any atom is 0.264 e.